The van der Waals surface area contributed by atoms with Crippen molar-refractivity contribution in [3.05, 3.63) is 28.2 Å². The molecule has 1 aromatic carbocycles. The Morgan fingerprint density at radius 2 is 2.00 bits per heavy atom. The number of hydrogen-bond donors (Lipinski definition) is 1. The number of carbonyl (C=O) groups is 1. The fraction of sp³-hybridized carbons (Fsp3) is 0.533. The van der Waals surface area contributed by atoms with E-state index in [1.54, 1.807) is 12.1 Å². The van der Waals surface area contributed by atoms with Crippen LogP contribution in [0.15, 0.2) is 18.2 Å². The van der Waals surface area contributed by atoms with Gasteiger partial charge in [-0.05, 0) is 50.0 Å². The van der Waals surface area contributed by atoms with Gasteiger partial charge in [-0.25, -0.2) is 0 Å². The number of carbonyl (C=O) groups excluding carboxylic acids is 1. The third-order valence-electron chi connectivity index (χ3n) is 3.72. The molecule has 0 atom stereocenters. The third-order valence-corrected chi connectivity index (χ3v) is 4.46. The molecule has 1 N–H and O–H groups in total. The fourth-order valence-electron chi connectivity index (χ4n) is 2.52. The van der Waals surface area contributed by atoms with Crippen molar-refractivity contribution >= 4 is 34.8 Å². The van der Waals surface area contributed by atoms with Crippen LogP contribution in [0.2, 0.25) is 10.0 Å². The number of nitrogens with zero attached hydrogens (tertiary/aromatic N) is 1. The molecule has 1 saturated heterocycles. The number of benzene rings is 1. The lowest BCUT2D eigenvalue weighted by Crippen LogP contribution is -2.39. The van der Waals surface area contributed by atoms with E-state index in [1.165, 1.54) is 0 Å². The highest BCUT2D eigenvalue weighted by Gasteiger charge is 2.21. The molecule has 0 aliphatic carbocycles. The van der Waals surface area contributed by atoms with Crippen LogP contribution in [0.25, 0.3) is 0 Å². The van der Waals surface area contributed by atoms with Crippen LogP contribution in [0.4, 0.5) is 5.69 Å². The summed E-state index contributed by atoms with van der Waals surface area (Å²) in [5.74, 6) is 0.670. The second-order valence-corrected chi connectivity index (χ2v) is 5.96. The van der Waals surface area contributed by atoms with Gasteiger partial charge in [0.2, 0.25) is 5.91 Å². The van der Waals surface area contributed by atoms with Gasteiger partial charge in [-0.3, -0.25) is 4.79 Å². The largest absolute Gasteiger partial charge is 0.317 e. The fourth-order valence-corrected chi connectivity index (χ4v) is 2.81. The van der Waals surface area contributed by atoms with Gasteiger partial charge < -0.3 is 10.2 Å². The number of hydrogen-bond acceptors (Lipinski definition) is 2. The lowest BCUT2D eigenvalue weighted by atomic mass is 9.97. The van der Waals surface area contributed by atoms with Crippen LogP contribution >= 0.6 is 23.2 Å². The predicted molar refractivity (Wildman–Crippen MR) is 84.7 cm³/mol. The van der Waals surface area contributed by atoms with Crippen molar-refractivity contribution in [2.75, 3.05) is 24.5 Å². The van der Waals surface area contributed by atoms with Crippen LogP contribution in [0, 0.1) is 5.92 Å². The molecule has 1 aliphatic heterocycles. The second kappa shape index (κ2) is 7.30. The Labute approximate surface area is 130 Å². The number of amides is 1. The molecule has 20 heavy (non-hydrogen) atoms. The molecule has 1 fully saturated rings. The number of nitrogens with one attached hydrogen (secondary N) is 1. The zero-order valence-corrected chi connectivity index (χ0v) is 13.2. The van der Waals surface area contributed by atoms with Gasteiger partial charge in [0.25, 0.3) is 0 Å². The number of anilines is 1. The van der Waals surface area contributed by atoms with Crippen LogP contribution in [-0.2, 0) is 4.79 Å². The normalized spacial score (nSPS) is 16.1. The summed E-state index contributed by atoms with van der Waals surface area (Å²) in [4.78, 5) is 14.1. The van der Waals surface area contributed by atoms with Crippen molar-refractivity contribution in [2.24, 2.45) is 5.92 Å². The molecule has 0 saturated carbocycles. The van der Waals surface area contributed by atoms with Crippen molar-refractivity contribution in [1.82, 2.24) is 5.32 Å². The molecule has 0 unspecified atom stereocenters. The van der Waals surface area contributed by atoms with Crippen molar-refractivity contribution in [2.45, 2.75) is 26.2 Å². The molecule has 1 amide bonds. The maximum atomic E-state index is 12.2. The minimum absolute atomic E-state index is 0.127. The van der Waals surface area contributed by atoms with Crippen LogP contribution in [0.1, 0.15) is 26.2 Å². The summed E-state index contributed by atoms with van der Waals surface area (Å²) in [5.41, 5.74) is 0.838. The molecular formula is C15H20Cl2N2O. The van der Waals surface area contributed by atoms with E-state index < -0.39 is 0 Å². The predicted octanol–water partition coefficient (Wildman–Crippen LogP) is 3.74. The molecule has 0 radical (unpaired) electrons. The average molecular weight is 315 g/mol. The van der Waals surface area contributed by atoms with E-state index in [0.717, 1.165) is 38.2 Å². The quantitative estimate of drug-likeness (QED) is 0.918. The molecule has 1 aliphatic rings. The van der Waals surface area contributed by atoms with E-state index in [1.807, 2.05) is 17.9 Å². The monoisotopic (exact) mass is 314 g/mol. The molecule has 0 bridgehead atoms. The highest BCUT2D eigenvalue weighted by Crippen LogP contribution is 2.28. The molecule has 2 rings (SSSR count). The van der Waals surface area contributed by atoms with Gasteiger partial charge in [0.15, 0.2) is 0 Å². The average Bonchev–Trinajstić information content (AvgIpc) is 2.48. The lowest BCUT2D eigenvalue weighted by molar-refractivity contribution is -0.118. The molecule has 3 nitrogen and oxygen atoms in total. The Morgan fingerprint density at radius 1 is 1.30 bits per heavy atom. The molecule has 1 aromatic rings. The number of piperidine rings is 1. The highest BCUT2D eigenvalue weighted by atomic mass is 35.5. The van der Waals surface area contributed by atoms with Crippen LogP contribution in [-0.4, -0.2) is 25.5 Å². The summed E-state index contributed by atoms with van der Waals surface area (Å²) in [6, 6.07) is 5.39. The maximum Gasteiger partial charge on any atom is 0.226 e. The van der Waals surface area contributed by atoms with E-state index in [2.05, 4.69) is 5.32 Å². The van der Waals surface area contributed by atoms with Gasteiger partial charge in [-0.15, -0.1) is 0 Å². The summed E-state index contributed by atoms with van der Waals surface area (Å²) in [6.45, 7) is 4.70. The minimum Gasteiger partial charge on any atom is -0.317 e. The molecule has 110 valence electrons. The maximum absolute atomic E-state index is 12.2. The molecule has 1 heterocycles. The SMILES string of the molecule is CCC(=O)N(CC1CCNCC1)c1ccc(Cl)c(Cl)c1. The highest BCUT2D eigenvalue weighted by molar-refractivity contribution is 6.42. The van der Waals surface area contributed by atoms with Crippen molar-refractivity contribution in [3.63, 3.8) is 0 Å². The van der Waals surface area contributed by atoms with E-state index in [4.69, 9.17) is 23.2 Å². The standard InChI is InChI=1S/C15H20Cl2N2O/c1-2-15(20)19(10-11-5-7-18-8-6-11)12-3-4-13(16)14(17)9-12/h3-4,9,11,18H,2,5-8,10H2,1H3. The summed E-state index contributed by atoms with van der Waals surface area (Å²) < 4.78 is 0. The van der Waals surface area contributed by atoms with Crippen molar-refractivity contribution in [3.8, 4) is 0 Å². The van der Waals surface area contributed by atoms with E-state index in [0.29, 0.717) is 22.4 Å². The van der Waals surface area contributed by atoms with Gasteiger partial charge in [0, 0.05) is 18.7 Å². The van der Waals surface area contributed by atoms with E-state index in [-0.39, 0.29) is 5.91 Å². The first-order chi connectivity index (χ1) is 9.61. The number of rotatable bonds is 4. The van der Waals surface area contributed by atoms with Crippen molar-refractivity contribution < 1.29 is 4.79 Å². The zero-order valence-electron chi connectivity index (χ0n) is 11.7. The van der Waals surface area contributed by atoms with Gasteiger partial charge in [-0.1, -0.05) is 30.1 Å². The molecule has 5 heteroatoms. The van der Waals surface area contributed by atoms with Crippen LogP contribution < -0.4 is 10.2 Å². The van der Waals surface area contributed by atoms with E-state index in [9.17, 15) is 4.79 Å². The van der Waals surface area contributed by atoms with Gasteiger partial charge in [-0.2, -0.15) is 0 Å². The van der Waals surface area contributed by atoms with Crippen molar-refractivity contribution in [1.29, 1.82) is 0 Å². The third kappa shape index (κ3) is 3.87. The Bertz CT molecular complexity index is 473. The number of halogens is 2. The molecule has 0 spiro atoms. The van der Waals surface area contributed by atoms with E-state index >= 15 is 0 Å². The topological polar surface area (TPSA) is 32.3 Å². The smallest absolute Gasteiger partial charge is 0.226 e. The molecule has 0 aromatic heterocycles. The van der Waals surface area contributed by atoms with Gasteiger partial charge >= 0.3 is 0 Å². The Kier molecular flexibility index (Phi) is 5.70. The van der Waals surface area contributed by atoms with Gasteiger partial charge in [0.1, 0.15) is 0 Å². The summed E-state index contributed by atoms with van der Waals surface area (Å²) in [6.07, 6.45) is 2.70. The Balaban J connectivity index is 2.17. The zero-order chi connectivity index (χ0) is 14.5. The van der Waals surface area contributed by atoms with Crippen LogP contribution in [0.3, 0.4) is 0 Å². The first-order valence-electron chi connectivity index (χ1n) is 7.08. The second-order valence-electron chi connectivity index (χ2n) is 5.15. The van der Waals surface area contributed by atoms with Crippen LogP contribution in [0.5, 0.6) is 0 Å². The Hall–Kier alpha value is -0.770. The summed E-state index contributed by atoms with van der Waals surface area (Å²) >= 11 is 12.0. The Morgan fingerprint density at radius 3 is 2.60 bits per heavy atom. The summed E-state index contributed by atoms with van der Waals surface area (Å²) in [5, 5.41) is 4.35. The first-order valence-corrected chi connectivity index (χ1v) is 7.83. The lowest BCUT2D eigenvalue weighted by Gasteiger charge is -2.30. The minimum atomic E-state index is 0.127. The van der Waals surface area contributed by atoms with Gasteiger partial charge in [0.05, 0.1) is 10.0 Å². The molecular weight excluding hydrogens is 295 g/mol. The first kappa shape index (κ1) is 15.6. The summed E-state index contributed by atoms with van der Waals surface area (Å²) in [7, 11) is 0.